The summed E-state index contributed by atoms with van der Waals surface area (Å²) in [5.74, 6) is 0. The van der Waals surface area contributed by atoms with E-state index in [1.807, 2.05) is 13.8 Å². The van der Waals surface area contributed by atoms with E-state index in [0.29, 0.717) is 6.04 Å². The standard InChI is InChI=1S/C14H32N2O2/c1-5-15-9-8-14(4)16(10-12-17-6-2)11-13-18-7-3/h14-15H,5-13H2,1-4H3. The lowest BCUT2D eigenvalue weighted by Gasteiger charge is -2.29. The molecule has 0 amide bonds. The third-order valence-corrected chi connectivity index (χ3v) is 3.07. The zero-order chi connectivity index (χ0) is 13.6. The van der Waals surface area contributed by atoms with Crippen molar-refractivity contribution in [3.63, 3.8) is 0 Å². The van der Waals surface area contributed by atoms with Gasteiger partial charge in [0.25, 0.3) is 0 Å². The predicted octanol–water partition coefficient (Wildman–Crippen LogP) is 1.75. The van der Waals surface area contributed by atoms with Crippen LogP contribution in [0.1, 0.15) is 34.1 Å². The maximum absolute atomic E-state index is 5.45. The largest absolute Gasteiger partial charge is 0.380 e. The average Bonchev–Trinajstić information content (AvgIpc) is 2.37. The lowest BCUT2D eigenvalue weighted by atomic mass is 10.2. The summed E-state index contributed by atoms with van der Waals surface area (Å²) < 4.78 is 10.9. The maximum Gasteiger partial charge on any atom is 0.0593 e. The Morgan fingerprint density at radius 1 is 1.00 bits per heavy atom. The van der Waals surface area contributed by atoms with Gasteiger partial charge in [-0.1, -0.05) is 6.92 Å². The second-order valence-corrected chi connectivity index (χ2v) is 4.42. The Bertz CT molecular complexity index is 158. The van der Waals surface area contributed by atoms with Gasteiger partial charge in [0, 0.05) is 32.3 Å². The third kappa shape index (κ3) is 9.83. The van der Waals surface area contributed by atoms with Gasteiger partial charge in [-0.15, -0.1) is 0 Å². The van der Waals surface area contributed by atoms with E-state index < -0.39 is 0 Å². The van der Waals surface area contributed by atoms with Crippen molar-refractivity contribution in [3.05, 3.63) is 0 Å². The first kappa shape index (κ1) is 17.8. The monoisotopic (exact) mass is 260 g/mol. The van der Waals surface area contributed by atoms with Crippen molar-refractivity contribution in [2.45, 2.75) is 40.2 Å². The summed E-state index contributed by atoms with van der Waals surface area (Å²) in [6, 6.07) is 0.574. The molecule has 0 aliphatic carbocycles. The molecule has 0 aromatic rings. The van der Waals surface area contributed by atoms with Gasteiger partial charge < -0.3 is 14.8 Å². The van der Waals surface area contributed by atoms with Crippen molar-refractivity contribution in [1.82, 2.24) is 10.2 Å². The Kier molecular flexibility index (Phi) is 13.2. The molecule has 4 nitrogen and oxygen atoms in total. The van der Waals surface area contributed by atoms with Gasteiger partial charge in [0.15, 0.2) is 0 Å². The van der Waals surface area contributed by atoms with E-state index in [-0.39, 0.29) is 0 Å². The molecular weight excluding hydrogens is 228 g/mol. The van der Waals surface area contributed by atoms with E-state index in [2.05, 4.69) is 24.1 Å². The van der Waals surface area contributed by atoms with Crippen LogP contribution in [0.5, 0.6) is 0 Å². The van der Waals surface area contributed by atoms with Crippen LogP contribution in [0.15, 0.2) is 0 Å². The molecule has 0 saturated carbocycles. The molecule has 4 heteroatoms. The molecular formula is C14H32N2O2. The molecule has 0 radical (unpaired) electrons. The van der Waals surface area contributed by atoms with Gasteiger partial charge in [0.1, 0.15) is 0 Å². The van der Waals surface area contributed by atoms with Crippen molar-refractivity contribution in [2.75, 3.05) is 52.6 Å². The van der Waals surface area contributed by atoms with Gasteiger partial charge in [0.2, 0.25) is 0 Å². The summed E-state index contributed by atoms with van der Waals surface area (Å²) in [4.78, 5) is 2.46. The first-order valence-corrected chi connectivity index (χ1v) is 7.36. The minimum atomic E-state index is 0.574. The molecule has 0 bridgehead atoms. The highest BCUT2D eigenvalue weighted by Gasteiger charge is 2.12. The Hall–Kier alpha value is -0.160. The van der Waals surface area contributed by atoms with Crippen LogP contribution < -0.4 is 5.32 Å². The predicted molar refractivity (Wildman–Crippen MR) is 77.2 cm³/mol. The van der Waals surface area contributed by atoms with Gasteiger partial charge in [0.05, 0.1) is 13.2 Å². The lowest BCUT2D eigenvalue weighted by Crippen LogP contribution is -2.39. The molecule has 1 atom stereocenters. The highest BCUT2D eigenvalue weighted by atomic mass is 16.5. The highest BCUT2D eigenvalue weighted by Crippen LogP contribution is 2.03. The summed E-state index contributed by atoms with van der Waals surface area (Å²) in [7, 11) is 0. The molecule has 1 N–H and O–H groups in total. The third-order valence-electron chi connectivity index (χ3n) is 3.07. The second-order valence-electron chi connectivity index (χ2n) is 4.42. The summed E-state index contributed by atoms with van der Waals surface area (Å²) in [6.07, 6.45) is 1.17. The first-order valence-electron chi connectivity index (χ1n) is 7.36. The highest BCUT2D eigenvalue weighted by molar-refractivity contribution is 4.68. The number of rotatable bonds is 13. The number of nitrogens with zero attached hydrogens (tertiary/aromatic N) is 1. The Morgan fingerprint density at radius 2 is 1.56 bits per heavy atom. The van der Waals surface area contributed by atoms with Crippen LogP contribution in [-0.2, 0) is 9.47 Å². The molecule has 1 unspecified atom stereocenters. The summed E-state index contributed by atoms with van der Waals surface area (Å²) in [5.41, 5.74) is 0. The van der Waals surface area contributed by atoms with Crippen LogP contribution >= 0.6 is 0 Å². The van der Waals surface area contributed by atoms with Crippen LogP contribution in [0.3, 0.4) is 0 Å². The Labute approximate surface area is 113 Å². The van der Waals surface area contributed by atoms with Crippen LogP contribution in [0.4, 0.5) is 0 Å². The normalized spacial score (nSPS) is 13.2. The minimum Gasteiger partial charge on any atom is -0.380 e. The molecule has 110 valence electrons. The van der Waals surface area contributed by atoms with Gasteiger partial charge >= 0.3 is 0 Å². The number of hydrogen-bond acceptors (Lipinski definition) is 4. The van der Waals surface area contributed by atoms with E-state index in [0.717, 1.165) is 52.6 Å². The molecule has 0 aromatic heterocycles. The van der Waals surface area contributed by atoms with Crippen molar-refractivity contribution in [1.29, 1.82) is 0 Å². The van der Waals surface area contributed by atoms with Crippen LogP contribution in [0.2, 0.25) is 0 Å². The summed E-state index contributed by atoms with van der Waals surface area (Å²) in [6.45, 7) is 15.9. The van der Waals surface area contributed by atoms with Gasteiger partial charge in [-0.3, -0.25) is 4.90 Å². The fourth-order valence-corrected chi connectivity index (χ4v) is 1.88. The van der Waals surface area contributed by atoms with Crippen LogP contribution in [0.25, 0.3) is 0 Å². The SMILES string of the molecule is CCNCCC(C)N(CCOCC)CCOCC. The van der Waals surface area contributed by atoms with Crippen LogP contribution in [-0.4, -0.2) is 63.5 Å². The van der Waals surface area contributed by atoms with Crippen molar-refractivity contribution in [2.24, 2.45) is 0 Å². The van der Waals surface area contributed by atoms with Gasteiger partial charge in [-0.05, 0) is 40.3 Å². The molecule has 0 aromatic carbocycles. The van der Waals surface area contributed by atoms with E-state index >= 15 is 0 Å². The van der Waals surface area contributed by atoms with E-state index in [9.17, 15) is 0 Å². The van der Waals surface area contributed by atoms with E-state index in [1.165, 1.54) is 6.42 Å². The number of hydrogen-bond donors (Lipinski definition) is 1. The molecule has 0 aliphatic heterocycles. The number of ether oxygens (including phenoxy) is 2. The fraction of sp³-hybridized carbons (Fsp3) is 1.00. The maximum atomic E-state index is 5.45. The Morgan fingerprint density at radius 3 is 2.00 bits per heavy atom. The molecule has 0 fully saturated rings. The molecule has 0 heterocycles. The minimum absolute atomic E-state index is 0.574. The first-order chi connectivity index (χ1) is 8.76. The van der Waals surface area contributed by atoms with Crippen LogP contribution in [0, 0.1) is 0 Å². The second kappa shape index (κ2) is 13.3. The number of nitrogens with one attached hydrogen (secondary N) is 1. The topological polar surface area (TPSA) is 33.7 Å². The smallest absolute Gasteiger partial charge is 0.0593 e. The molecule has 0 aliphatic rings. The lowest BCUT2D eigenvalue weighted by molar-refractivity contribution is 0.0645. The quantitative estimate of drug-likeness (QED) is 0.512. The molecule has 0 spiro atoms. The van der Waals surface area contributed by atoms with Crippen molar-refractivity contribution < 1.29 is 9.47 Å². The summed E-state index contributed by atoms with van der Waals surface area (Å²) in [5, 5.41) is 3.38. The molecule has 0 saturated heterocycles. The van der Waals surface area contributed by atoms with Gasteiger partial charge in [-0.2, -0.15) is 0 Å². The van der Waals surface area contributed by atoms with Crippen molar-refractivity contribution in [3.8, 4) is 0 Å². The zero-order valence-electron chi connectivity index (χ0n) is 12.7. The van der Waals surface area contributed by atoms with E-state index in [4.69, 9.17) is 9.47 Å². The van der Waals surface area contributed by atoms with E-state index in [1.54, 1.807) is 0 Å². The Balaban J connectivity index is 3.90. The molecule has 18 heavy (non-hydrogen) atoms. The summed E-state index contributed by atoms with van der Waals surface area (Å²) >= 11 is 0. The zero-order valence-corrected chi connectivity index (χ0v) is 12.7. The average molecular weight is 260 g/mol. The molecule has 0 rings (SSSR count). The van der Waals surface area contributed by atoms with Gasteiger partial charge in [-0.25, -0.2) is 0 Å². The fourth-order valence-electron chi connectivity index (χ4n) is 1.88. The van der Waals surface area contributed by atoms with Crippen molar-refractivity contribution >= 4 is 0 Å².